The van der Waals surface area contributed by atoms with Crippen LogP contribution in [0.15, 0.2) is 4.99 Å². The maximum Gasteiger partial charge on any atom is 0.0731 e. The molecule has 1 N–H and O–H groups in total. The van der Waals surface area contributed by atoms with Gasteiger partial charge in [-0.15, -0.1) is 0 Å². The summed E-state index contributed by atoms with van der Waals surface area (Å²) < 4.78 is 0. The molecule has 2 aliphatic carbocycles. The average molecular weight is 179 g/mol. The summed E-state index contributed by atoms with van der Waals surface area (Å²) in [5.41, 5.74) is 0.995. The molecule has 0 aromatic heterocycles. The monoisotopic (exact) mass is 179 g/mol. The van der Waals surface area contributed by atoms with E-state index < -0.39 is 0 Å². The van der Waals surface area contributed by atoms with E-state index in [2.05, 4.69) is 4.99 Å². The number of hydrogen-bond acceptors (Lipinski definition) is 2. The highest BCUT2D eigenvalue weighted by Gasteiger charge is 2.48. The highest BCUT2D eigenvalue weighted by molar-refractivity contribution is 5.90. The van der Waals surface area contributed by atoms with Crippen molar-refractivity contribution in [1.82, 2.24) is 0 Å². The van der Waals surface area contributed by atoms with Gasteiger partial charge in [0, 0.05) is 18.2 Å². The van der Waals surface area contributed by atoms with Crippen molar-refractivity contribution in [3.8, 4) is 0 Å². The van der Waals surface area contributed by atoms with Gasteiger partial charge < -0.3 is 5.11 Å². The first-order chi connectivity index (χ1) is 6.28. The topological polar surface area (TPSA) is 32.6 Å². The van der Waals surface area contributed by atoms with E-state index in [1.165, 1.54) is 25.0 Å². The number of rotatable bonds is 0. The number of aliphatic hydroxyl groups is 1. The van der Waals surface area contributed by atoms with Gasteiger partial charge in [0.1, 0.15) is 0 Å². The number of aliphatic imine (C=N–C) groups is 1. The summed E-state index contributed by atoms with van der Waals surface area (Å²) in [5, 5.41) is 10.5. The third-order valence-electron chi connectivity index (χ3n) is 4.15. The van der Waals surface area contributed by atoms with E-state index in [-0.39, 0.29) is 5.60 Å². The molecule has 0 radical (unpaired) electrons. The molecule has 3 aliphatic rings. The Labute approximate surface area is 79.1 Å². The molecule has 2 heteroatoms. The maximum atomic E-state index is 10.5. The van der Waals surface area contributed by atoms with Crippen molar-refractivity contribution < 1.29 is 5.11 Å². The number of hydrogen-bond donors (Lipinski definition) is 1. The molecule has 0 unspecified atom stereocenters. The minimum Gasteiger partial charge on any atom is -0.389 e. The average Bonchev–Trinajstić information content (AvgIpc) is 2.52. The first kappa shape index (κ1) is 7.98. The van der Waals surface area contributed by atoms with E-state index in [0.29, 0.717) is 5.92 Å². The van der Waals surface area contributed by atoms with Gasteiger partial charge in [0.2, 0.25) is 0 Å². The predicted octanol–water partition coefficient (Wildman–Crippen LogP) is 1.77. The van der Waals surface area contributed by atoms with Crippen molar-refractivity contribution in [3.63, 3.8) is 0 Å². The largest absolute Gasteiger partial charge is 0.389 e. The lowest BCUT2D eigenvalue weighted by Gasteiger charge is -2.46. The molecular weight excluding hydrogens is 162 g/mol. The number of fused-ring (bicyclic) bond motifs is 4. The third-order valence-corrected chi connectivity index (χ3v) is 4.15. The van der Waals surface area contributed by atoms with Gasteiger partial charge in [0.15, 0.2) is 0 Å². The quantitative estimate of drug-likeness (QED) is 0.604. The normalized spacial score (nSPS) is 48.5. The Morgan fingerprint density at radius 3 is 3.23 bits per heavy atom. The Kier molecular flexibility index (Phi) is 1.58. The van der Waals surface area contributed by atoms with Crippen LogP contribution >= 0.6 is 0 Å². The van der Waals surface area contributed by atoms with Gasteiger partial charge in [-0.05, 0) is 38.0 Å². The van der Waals surface area contributed by atoms with Crippen LogP contribution in [0.4, 0.5) is 0 Å². The summed E-state index contributed by atoms with van der Waals surface area (Å²) in [7, 11) is 0. The second-order valence-electron chi connectivity index (χ2n) is 4.98. The van der Waals surface area contributed by atoms with Crippen molar-refractivity contribution in [2.75, 3.05) is 6.54 Å². The second-order valence-corrected chi connectivity index (χ2v) is 4.98. The van der Waals surface area contributed by atoms with E-state index in [1.807, 2.05) is 0 Å². The van der Waals surface area contributed by atoms with Crippen molar-refractivity contribution in [2.24, 2.45) is 16.8 Å². The maximum absolute atomic E-state index is 10.5. The van der Waals surface area contributed by atoms with Crippen LogP contribution in [0.5, 0.6) is 0 Å². The summed E-state index contributed by atoms with van der Waals surface area (Å²) >= 11 is 0. The summed E-state index contributed by atoms with van der Waals surface area (Å²) in [4.78, 5) is 4.54. The SMILES string of the molecule is O[C@@]12CCC[C@@H](CC3=NCC[C@H]31)C2. The first-order valence-electron chi connectivity index (χ1n) is 5.53. The van der Waals surface area contributed by atoms with Crippen LogP contribution in [-0.4, -0.2) is 23.0 Å². The summed E-state index contributed by atoms with van der Waals surface area (Å²) in [6, 6.07) is 0. The smallest absolute Gasteiger partial charge is 0.0731 e. The fourth-order valence-electron chi connectivity index (χ4n) is 3.59. The first-order valence-corrected chi connectivity index (χ1v) is 5.53. The Morgan fingerprint density at radius 2 is 2.31 bits per heavy atom. The van der Waals surface area contributed by atoms with Crippen LogP contribution in [0.1, 0.15) is 38.5 Å². The van der Waals surface area contributed by atoms with Crippen molar-refractivity contribution in [1.29, 1.82) is 0 Å². The molecule has 0 saturated heterocycles. The highest BCUT2D eigenvalue weighted by Crippen LogP contribution is 2.47. The fraction of sp³-hybridized carbons (Fsp3) is 0.909. The molecule has 3 rings (SSSR count). The molecule has 2 nitrogen and oxygen atoms in total. The molecule has 0 amide bonds. The van der Waals surface area contributed by atoms with E-state index >= 15 is 0 Å². The lowest BCUT2D eigenvalue weighted by atomic mass is 9.63. The Bertz CT molecular complexity index is 261. The minimum absolute atomic E-state index is 0.351. The molecule has 0 spiro atoms. The molecule has 72 valence electrons. The molecule has 2 bridgehead atoms. The Morgan fingerprint density at radius 1 is 1.38 bits per heavy atom. The van der Waals surface area contributed by atoms with Gasteiger partial charge in [-0.25, -0.2) is 0 Å². The van der Waals surface area contributed by atoms with E-state index in [9.17, 15) is 5.11 Å². The number of nitrogens with zero attached hydrogens (tertiary/aromatic N) is 1. The zero-order valence-corrected chi connectivity index (χ0v) is 8.00. The fourth-order valence-corrected chi connectivity index (χ4v) is 3.59. The molecule has 2 fully saturated rings. The summed E-state index contributed by atoms with van der Waals surface area (Å²) in [6.07, 6.45) is 6.91. The predicted molar refractivity (Wildman–Crippen MR) is 51.9 cm³/mol. The molecule has 0 aromatic rings. The molecule has 13 heavy (non-hydrogen) atoms. The van der Waals surface area contributed by atoms with Crippen LogP contribution in [0.25, 0.3) is 0 Å². The van der Waals surface area contributed by atoms with E-state index in [1.54, 1.807) is 0 Å². The van der Waals surface area contributed by atoms with E-state index in [0.717, 1.165) is 31.7 Å². The Balaban J connectivity index is 1.95. The molecule has 3 atom stereocenters. The Hall–Kier alpha value is -0.370. The van der Waals surface area contributed by atoms with Crippen molar-refractivity contribution >= 4 is 5.71 Å². The second kappa shape index (κ2) is 2.57. The zero-order valence-electron chi connectivity index (χ0n) is 8.00. The zero-order chi connectivity index (χ0) is 8.89. The van der Waals surface area contributed by atoms with Gasteiger partial charge in [0.05, 0.1) is 5.60 Å². The van der Waals surface area contributed by atoms with E-state index in [4.69, 9.17) is 0 Å². The highest BCUT2D eigenvalue weighted by atomic mass is 16.3. The lowest BCUT2D eigenvalue weighted by molar-refractivity contribution is -0.0532. The van der Waals surface area contributed by atoms with Crippen LogP contribution in [0.3, 0.4) is 0 Å². The molecule has 2 saturated carbocycles. The molecule has 1 heterocycles. The van der Waals surface area contributed by atoms with Gasteiger partial charge >= 0.3 is 0 Å². The van der Waals surface area contributed by atoms with Gasteiger partial charge in [-0.3, -0.25) is 4.99 Å². The summed E-state index contributed by atoms with van der Waals surface area (Å²) in [5.74, 6) is 1.18. The van der Waals surface area contributed by atoms with Gasteiger partial charge in [0.25, 0.3) is 0 Å². The van der Waals surface area contributed by atoms with Crippen molar-refractivity contribution in [2.45, 2.75) is 44.1 Å². The molecule has 0 aromatic carbocycles. The van der Waals surface area contributed by atoms with Crippen LogP contribution in [-0.2, 0) is 0 Å². The van der Waals surface area contributed by atoms with Gasteiger partial charge in [-0.2, -0.15) is 0 Å². The summed E-state index contributed by atoms with van der Waals surface area (Å²) in [6.45, 7) is 0.967. The van der Waals surface area contributed by atoms with Crippen LogP contribution < -0.4 is 0 Å². The van der Waals surface area contributed by atoms with Crippen molar-refractivity contribution in [3.05, 3.63) is 0 Å². The minimum atomic E-state index is -0.351. The van der Waals surface area contributed by atoms with Crippen LogP contribution in [0, 0.1) is 11.8 Å². The molecular formula is C11H17NO. The molecule has 1 aliphatic heterocycles. The standard InChI is InChI=1S/C11H17NO/c13-11-4-1-2-8(7-11)6-10-9(11)3-5-12-10/h8-9,13H,1-7H2/t8-,9+,11+/m0/s1. The lowest BCUT2D eigenvalue weighted by Crippen LogP contribution is -2.49. The third kappa shape index (κ3) is 1.08. The van der Waals surface area contributed by atoms with Crippen LogP contribution in [0.2, 0.25) is 0 Å². The van der Waals surface area contributed by atoms with Gasteiger partial charge in [-0.1, -0.05) is 6.42 Å².